The van der Waals surface area contributed by atoms with E-state index in [4.69, 9.17) is 16.3 Å². The highest BCUT2D eigenvalue weighted by Crippen LogP contribution is 2.39. The number of hydrogen-bond donors (Lipinski definition) is 1. The summed E-state index contributed by atoms with van der Waals surface area (Å²) in [6.07, 6.45) is 6.21. The third-order valence-electron chi connectivity index (χ3n) is 8.68. The number of carbonyl (C=O) groups excluding carboxylic acids is 1. The van der Waals surface area contributed by atoms with Gasteiger partial charge in [0, 0.05) is 41.5 Å². The number of rotatable bonds is 8. The molecule has 1 amide bonds. The summed E-state index contributed by atoms with van der Waals surface area (Å²) in [4.78, 5) is 25.7. The molecule has 0 aliphatic carbocycles. The number of aromatic nitrogens is 2. The summed E-state index contributed by atoms with van der Waals surface area (Å²) in [6, 6.07) is 11.9. The standard InChI is InChI=1S/C33H34ClF2N5O2/c1-3-27(42)41-17-5-4-9-21(41)18-37-32-25-14-13-24(23-11-6-8-20-12-15-26(35)29(34)28(20)23)30(36)31(25)38-33(39-32)43-19-22-10-7-16-40(22)2/h3,6,8,11-15,21-22H,1,4-5,7,9-10,16-19H2,2H3,(H,37,38,39)/t21-,22-/m0/s1. The third kappa shape index (κ3) is 5.76. The lowest BCUT2D eigenvalue weighted by Crippen LogP contribution is -2.46. The van der Waals surface area contributed by atoms with E-state index in [1.54, 1.807) is 30.3 Å². The van der Waals surface area contributed by atoms with Crippen molar-refractivity contribution in [2.24, 2.45) is 0 Å². The number of nitrogens with one attached hydrogen (secondary N) is 1. The van der Waals surface area contributed by atoms with Crippen molar-refractivity contribution in [2.45, 2.75) is 44.2 Å². The van der Waals surface area contributed by atoms with Crippen LogP contribution in [-0.4, -0.2) is 71.0 Å². The number of fused-ring (bicyclic) bond motifs is 2. The van der Waals surface area contributed by atoms with Crippen molar-refractivity contribution in [1.29, 1.82) is 0 Å². The fourth-order valence-corrected chi connectivity index (χ4v) is 6.55. The van der Waals surface area contributed by atoms with Crippen LogP contribution in [0.5, 0.6) is 6.01 Å². The van der Waals surface area contributed by atoms with Crippen molar-refractivity contribution in [3.8, 4) is 17.1 Å². The summed E-state index contributed by atoms with van der Waals surface area (Å²) < 4.78 is 37.0. The largest absolute Gasteiger partial charge is 0.462 e. The predicted molar refractivity (Wildman–Crippen MR) is 167 cm³/mol. The van der Waals surface area contributed by atoms with Gasteiger partial charge in [-0.05, 0) is 74.9 Å². The summed E-state index contributed by atoms with van der Waals surface area (Å²) in [7, 11) is 2.06. The number of benzene rings is 3. The van der Waals surface area contributed by atoms with Crippen LogP contribution in [0.1, 0.15) is 32.1 Å². The number of nitrogens with zero attached hydrogens (tertiary/aromatic N) is 4. The number of ether oxygens (including phenoxy) is 1. The number of likely N-dealkylation sites (N-methyl/N-ethyl adjacent to an activating group) is 1. The Kier molecular flexibility index (Phi) is 8.45. The van der Waals surface area contributed by atoms with E-state index in [1.165, 1.54) is 12.1 Å². The number of piperidine rings is 1. The molecule has 3 heterocycles. The number of hydrogen-bond acceptors (Lipinski definition) is 6. The van der Waals surface area contributed by atoms with E-state index in [1.807, 2.05) is 11.0 Å². The van der Waals surface area contributed by atoms with Crippen LogP contribution in [0.4, 0.5) is 14.6 Å². The lowest BCUT2D eigenvalue weighted by atomic mass is 9.96. The second-order valence-corrected chi connectivity index (χ2v) is 11.7. The predicted octanol–water partition coefficient (Wildman–Crippen LogP) is 6.83. The Hall–Kier alpha value is -3.82. The van der Waals surface area contributed by atoms with Crippen molar-refractivity contribution in [3.05, 3.63) is 71.8 Å². The number of carbonyl (C=O) groups is 1. The minimum absolute atomic E-state index is 0.0578. The number of amides is 1. The first-order valence-corrected chi connectivity index (χ1v) is 15.1. The molecule has 43 heavy (non-hydrogen) atoms. The van der Waals surface area contributed by atoms with Gasteiger partial charge in [-0.15, -0.1) is 0 Å². The Morgan fingerprint density at radius 1 is 1.07 bits per heavy atom. The molecule has 6 rings (SSSR count). The summed E-state index contributed by atoms with van der Waals surface area (Å²) >= 11 is 6.39. The van der Waals surface area contributed by atoms with Crippen LogP contribution in [0.25, 0.3) is 32.8 Å². The van der Waals surface area contributed by atoms with Crippen LogP contribution >= 0.6 is 11.6 Å². The molecule has 0 unspecified atom stereocenters. The van der Waals surface area contributed by atoms with Crippen molar-refractivity contribution in [2.75, 3.05) is 38.6 Å². The second-order valence-electron chi connectivity index (χ2n) is 11.3. The molecule has 224 valence electrons. The molecule has 7 nitrogen and oxygen atoms in total. The zero-order valence-electron chi connectivity index (χ0n) is 24.1. The first-order chi connectivity index (χ1) is 20.9. The lowest BCUT2D eigenvalue weighted by molar-refractivity contribution is -0.129. The van der Waals surface area contributed by atoms with E-state index in [9.17, 15) is 9.18 Å². The highest BCUT2D eigenvalue weighted by Gasteiger charge is 2.27. The number of likely N-dealkylation sites (tertiary alicyclic amines) is 2. The highest BCUT2D eigenvalue weighted by molar-refractivity contribution is 6.37. The summed E-state index contributed by atoms with van der Waals surface area (Å²) in [5, 5.41) is 4.91. The third-order valence-corrected chi connectivity index (χ3v) is 9.05. The molecule has 0 radical (unpaired) electrons. The molecule has 2 atom stereocenters. The maximum Gasteiger partial charge on any atom is 0.319 e. The highest BCUT2D eigenvalue weighted by atomic mass is 35.5. The van der Waals surface area contributed by atoms with Gasteiger partial charge in [-0.3, -0.25) is 4.79 Å². The van der Waals surface area contributed by atoms with E-state index in [2.05, 4.69) is 33.8 Å². The molecular weight excluding hydrogens is 572 g/mol. The van der Waals surface area contributed by atoms with Gasteiger partial charge in [0.1, 0.15) is 23.8 Å². The van der Waals surface area contributed by atoms with Gasteiger partial charge in [0.2, 0.25) is 5.91 Å². The van der Waals surface area contributed by atoms with Crippen LogP contribution in [-0.2, 0) is 4.79 Å². The van der Waals surface area contributed by atoms with Gasteiger partial charge in [-0.1, -0.05) is 48.5 Å². The molecule has 1 N–H and O–H groups in total. The van der Waals surface area contributed by atoms with Gasteiger partial charge in [0.15, 0.2) is 5.82 Å². The molecule has 3 aromatic carbocycles. The average molecular weight is 606 g/mol. The van der Waals surface area contributed by atoms with Gasteiger partial charge in [-0.25, -0.2) is 8.78 Å². The molecule has 0 saturated carbocycles. The molecule has 10 heteroatoms. The normalized spacial score (nSPS) is 19.2. The van der Waals surface area contributed by atoms with Crippen LogP contribution < -0.4 is 10.1 Å². The Morgan fingerprint density at radius 3 is 2.70 bits per heavy atom. The lowest BCUT2D eigenvalue weighted by Gasteiger charge is -2.35. The molecule has 2 saturated heterocycles. The van der Waals surface area contributed by atoms with Gasteiger partial charge >= 0.3 is 6.01 Å². The average Bonchev–Trinajstić information content (AvgIpc) is 3.45. The van der Waals surface area contributed by atoms with E-state index < -0.39 is 11.6 Å². The first-order valence-electron chi connectivity index (χ1n) is 14.7. The van der Waals surface area contributed by atoms with Gasteiger partial charge in [0.05, 0.1) is 5.02 Å². The first kappa shape index (κ1) is 29.3. The fraction of sp³-hybridized carbons (Fsp3) is 0.364. The number of halogens is 3. The van der Waals surface area contributed by atoms with Crippen LogP contribution in [0.15, 0.2) is 55.1 Å². The van der Waals surface area contributed by atoms with Gasteiger partial charge in [0.25, 0.3) is 0 Å². The topological polar surface area (TPSA) is 70.6 Å². The maximum absolute atomic E-state index is 16.5. The monoisotopic (exact) mass is 605 g/mol. The Bertz CT molecular complexity index is 1700. The summed E-state index contributed by atoms with van der Waals surface area (Å²) in [5.41, 5.74) is 0.786. The minimum Gasteiger partial charge on any atom is -0.462 e. The smallest absolute Gasteiger partial charge is 0.319 e. The minimum atomic E-state index is -0.584. The zero-order chi connectivity index (χ0) is 30.1. The van der Waals surface area contributed by atoms with Crippen molar-refractivity contribution in [3.63, 3.8) is 0 Å². The maximum atomic E-state index is 16.5. The zero-order valence-corrected chi connectivity index (χ0v) is 24.8. The summed E-state index contributed by atoms with van der Waals surface area (Å²) in [5.74, 6) is -0.843. The van der Waals surface area contributed by atoms with Gasteiger partial charge in [-0.2, -0.15) is 9.97 Å². The van der Waals surface area contributed by atoms with Crippen molar-refractivity contribution in [1.82, 2.24) is 19.8 Å². The molecule has 0 spiro atoms. The SMILES string of the molecule is C=CC(=O)N1CCCC[C@H]1CNc1nc(OC[C@@H]2CCCN2C)nc2c(F)c(-c3cccc4ccc(F)c(Cl)c34)ccc12. The summed E-state index contributed by atoms with van der Waals surface area (Å²) in [6.45, 7) is 6.11. The molecule has 2 aliphatic rings. The fourth-order valence-electron chi connectivity index (χ4n) is 6.28. The number of anilines is 1. The van der Waals surface area contributed by atoms with E-state index in [0.29, 0.717) is 47.2 Å². The van der Waals surface area contributed by atoms with E-state index >= 15 is 4.39 Å². The second kappa shape index (κ2) is 12.4. The quantitative estimate of drug-likeness (QED) is 0.222. The Labute approximate surface area is 254 Å². The Morgan fingerprint density at radius 2 is 1.91 bits per heavy atom. The van der Waals surface area contributed by atoms with E-state index in [-0.39, 0.29) is 40.1 Å². The van der Waals surface area contributed by atoms with Crippen LogP contribution in [0, 0.1) is 11.6 Å². The molecular formula is C33H34ClF2N5O2. The molecule has 2 aliphatic heterocycles. The van der Waals surface area contributed by atoms with Crippen molar-refractivity contribution >= 4 is 45.0 Å². The molecule has 1 aromatic heterocycles. The van der Waals surface area contributed by atoms with Crippen LogP contribution in [0.2, 0.25) is 5.02 Å². The molecule has 0 bridgehead atoms. The van der Waals surface area contributed by atoms with E-state index in [0.717, 1.165) is 38.6 Å². The van der Waals surface area contributed by atoms with Crippen LogP contribution in [0.3, 0.4) is 0 Å². The van der Waals surface area contributed by atoms with Gasteiger partial charge < -0.3 is 19.9 Å². The van der Waals surface area contributed by atoms with Crippen molar-refractivity contribution < 1.29 is 18.3 Å². The molecule has 2 fully saturated rings. The Balaban J connectivity index is 1.41. The molecule has 4 aromatic rings.